The maximum absolute atomic E-state index is 12.7. The van der Waals surface area contributed by atoms with Gasteiger partial charge in [-0.3, -0.25) is 9.59 Å². The molecule has 3 aliphatic carbocycles. The molecule has 2 saturated carbocycles. The summed E-state index contributed by atoms with van der Waals surface area (Å²) in [5.74, 6) is -0.0367. The smallest absolute Gasteiger partial charge is 0.254 e. The fourth-order valence-corrected chi connectivity index (χ4v) is 4.95. The third-order valence-electron chi connectivity index (χ3n) is 6.23. The summed E-state index contributed by atoms with van der Waals surface area (Å²) in [4.78, 5) is 25.5. The van der Waals surface area contributed by atoms with E-state index in [0.717, 1.165) is 23.4 Å². The van der Waals surface area contributed by atoms with Crippen molar-refractivity contribution in [2.45, 2.75) is 19.8 Å². The standard InChI is InChI=1S/C19H18N2O2/c1-11-2-4-12(5-3-11)10-20-21-17(22)15-13-6-7-14(16(15)18(21)23)19(13)8-9-19/h2-7,10,13-16H,8-9H2,1H3/b20-10-/t13-,14-,15-,16+/m1/s1. The molecule has 116 valence electrons. The van der Waals surface area contributed by atoms with Crippen LogP contribution in [0.25, 0.3) is 0 Å². The first kappa shape index (κ1) is 13.2. The maximum atomic E-state index is 12.7. The van der Waals surface area contributed by atoms with Crippen LogP contribution in [0.3, 0.4) is 0 Å². The molecule has 1 aromatic rings. The molecule has 4 atom stereocenters. The monoisotopic (exact) mass is 306 g/mol. The van der Waals surface area contributed by atoms with Gasteiger partial charge in [-0.2, -0.15) is 10.1 Å². The maximum Gasteiger partial charge on any atom is 0.254 e. The normalized spacial score (nSPS) is 35.8. The summed E-state index contributed by atoms with van der Waals surface area (Å²) < 4.78 is 0. The van der Waals surface area contributed by atoms with Crippen LogP contribution in [-0.2, 0) is 9.59 Å². The number of hydrogen-bond acceptors (Lipinski definition) is 3. The zero-order chi connectivity index (χ0) is 15.8. The van der Waals surface area contributed by atoms with Gasteiger partial charge in [0.1, 0.15) is 0 Å². The lowest BCUT2D eigenvalue weighted by Crippen LogP contribution is -2.30. The van der Waals surface area contributed by atoms with Gasteiger partial charge in [-0.05, 0) is 42.6 Å². The number of rotatable bonds is 2. The minimum atomic E-state index is -0.171. The van der Waals surface area contributed by atoms with E-state index < -0.39 is 0 Å². The number of allylic oxidation sites excluding steroid dienone is 2. The van der Waals surface area contributed by atoms with Crippen molar-refractivity contribution in [3.8, 4) is 0 Å². The Morgan fingerprint density at radius 1 is 1.04 bits per heavy atom. The first-order valence-corrected chi connectivity index (χ1v) is 8.29. The van der Waals surface area contributed by atoms with Gasteiger partial charge in [0.05, 0.1) is 18.1 Å². The van der Waals surface area contributed by atoms with Crippen LogP contribution in [0.15, 0.2) is 41.5 Å². The molecule has 0 aromatic heterocycles. The minimum absolute atomic E-state index is 0.105. The third kappa shape index (κ3) is 1.58. The van der Waals surface area contributed by atoms with Crippen LogP contribution in [0.1, 0.15) is 24.0 Å². The van der Waals surface area contributed by atoms with Crippen molar-refractivity contribution >= 4 is 18.0 Å². The lowest BCUT2D eigenvalue weighted by atomic mass is 9.85. The number of amides is 2. The van der Waals surface area contributed by atoms with E-state index in [0.29, 0.717) is 0 Å². The van der Waals surface area contributed by atoms with E-state index in [1.165, 1.54) is 5.56 Å². The Morgan fingerprint density at radius 2 is 1.61 bits per heavy atom. The molecule has 0 N–H and O–H groups in total. The van der Waals surface area contributed by atoms with E-state index in [1.807, 2.05) is 31.2 Å². The summed E-state index contributed by atoms with van der Waals surface area (Å²) in [6.07, 6.45) is 8.29. The summed E-state index contributed by atoms with van der Waals surface area (Å²) in [7, 11) is 0. The second-order valence-electron chi connectivity index (χ2n) is 7.36. The molecular formula is C19H18N2O2. The minimum Gasteiger partial charge on any atom is -0.272 e. The molecule has 0 unspecified atom stereocenters. The molecular weight excluding hydrogens is 288 g/mol. The Kier molecular flexibility index (Phi) is 2.41. The Hall–Kier alpha value is -2.23. The fraction of sp³-hybridized carbons (Fsp3) is 0.421. The number of carbonyl (C=O) groups excluding carboxylic acids is 2. The van der Waals surface area contributed by atoms with E-state index in [-0.39, 0.29) is 40.9 Å². The lowest BCUT2D eigenvalue weighted by Gasteiger charge is -2.18. The van der Waals surface area contributed by atoms with Crippen molar-refractivity contribution in [1.29, 1.82) is 0 Å². The number of imide groups is 1. The predicted octanol–water partition coefficient (Wildman–Crippen LogP) is 2.53. The van der Waals surface area contributed by atoms with Crippen molar-refractivity contribution in [3.63, 3.8) is 0 Å². The molecule has 2 amide bonds. The van der Waals surface area contributed by atoms with Crippen LogP contribution in [-0.4, -0.2) is 23.0 Å². The van der Waals surface area contributed by atoms with Gasteiger partial charge in [0.2, 0.25) is 0 Å². The number of aryl methyl sites for hydroxylation is 1. The molecule has 1 saturated heterocycles. The molecule has 4 heteroatoms. The number of hydrazone groups is 1. The molecule has 4 aliphatic rings. The number of nitrogens with zero attached hydrogens (tertiary/aromatic N) is 2. The molecule has 1 spiro atoms. The van der Waals surface area contributed by atoms with Gasteiger partial charge in [0.25, 0.3) is 11.8 Å². The van der Waals surface area contributed by atoms with Crippen LogP contribution in [0.5, 0.6) is 0 Å². The summed E-state index contributed by atoms with van der Waals surface area (Å²) >= 11 is 0. The van der Waals surface area contributed by atoms with E-state index >= 15 is 0 Å². The van der Waals surface area contributed by atoms with Crippen LogP contribution in [0.4, 0.5) is 0 Å². The van der Waals surface area contributed by atoms with Gasteiger partial charge in [-0.15, -0.1) is 0 Å². The largest absolute Gasteiger partial charge is 0.272 e. The van der Waals surface area contributed by atoms with Gasteiger partial charge >= 0.3 is 0 Å². The molecule has 2 bridgehead atoms. The lowest BCUT2D eigenvalue weighted by molar-refractivity contribution is -0.141. The molecule has 3 fully saturated rings. The molecule has 4 nitrogen and oxygen atoms in total. The highest BCUT2D eigenvalue weighted by atomic mass is 16.2. The highest BCUT2D eigenvalue weighted by Crippen LogP contribution is 2.73. The van der Waals surface area contributed by atoms with Gasteiger partial charge < -0.3 is 0 Å². The number of hydrogen-bond donors (Lipinski definition) is 0. The van der Waals surface area contributed by atoms with E-state index in [4.69, 9.17) is 0 Å². The second kappa shape index (κ2) is 4.19. The Balaban J connectivity index is 1.43. The SMILES string of the molecule is Cc1ccc(/C=N\N2C(=O)[C@@H]3[C@H](C2=O)[C@H]2C=C[C@H]3C23CC3)cc1. The van der Waals surface area contributed by atoms with Crippen LogP contribution >= 0.6 is 0 Å². The Bertz CT molecular complexity index is 739. The van der Waals surface area contributed by atoms with Gasteiger partial charge in [-0.1, -0.05) is 42.0 Å². The molecule has 0 radical (unpaired) electrons. The van der Waals surface area contributed by atoms with Gasteiger partial charge in [0.15, 0.2) is 0 Å². The first-order chi connectivity index (χ1) is 11.1. The molecule has 23 heavy (non-hydrogen) atoms. The van der Waals surface area contributed by atoms with Crippen LogP contribution in [0, 0.1) is 36.0 Å². The Morgan fingerprint density at radius 3 is 2.13 bits per heavy atom. The predicted molar refractivity (Wildman–Crippen MR) is 85.4 cm³/mol. The number of carbonyl (C=O) groups is 2. The molecule has 1 heterocycles. The average Bonchev–Trinajstić information content (AvgIpc) is 3.15. The van der Waals surface area contributed by atoms with Crippen molar-refractivity contribution in [1.82, 2.24) is 5.01 Å². The molecule has 1 aromatic carbocycles. The van der Waals surface area contributed by atoms with Crippen LogP contribution in [0.2, 0.25) is 0 Å². The third-order valence-corrected chi connectivity index (χ3v) is 6.23. The zero-order valence-electron chi connectivity index (χ0n) is 13.0. The summed E-state index contributed by atoms with van der Waals surface area (Å²) in [6, 6.07) is 7.86. The quantitative estimate of drug-likeness (QED) is 0.479. The Labute approximate surface area is 134 Å². The van der Waals surface area contributed by atoms with Gasteiger partial charge in [-0.25, -0.2) is 0 Å². The average molecular weight is 306 g/mol. The van der Waals surface area contributed by atoms with Gasteiger partial charge in [0, 0.05) is 0 Å². The van der Waals surface area contributed by atoms with Crippen molar-refractivity contribution in [2.75, 3.05) is 0 Å². The summed E-state index contributed by atoms with van der Waals surface area (Å²) in [5.41, 5.74) is 2.31. The van der Waals surface area contributed by atoms with Crippen molar-refractivity contribution < 1.29 is 9.59 Å². The summed E-state index contributed by atoms with van der Waals surface area (Å²) in [6.45, 7) is 2.02. The van der Waals surface area contributed by atoms with Crippen LogP contribution < -0.4 is 0 Å². The van der Waals surface area contributed by atoms with Crippen molar-refractivity contribution in [3.05, 3.63) is 47.5 Å². The number of benzene rings is 1. The first-order valence-electron chi connectivity index (χ1n) is 8.29. The number of fused-ring (bicyclic) bond motifs is 3. The summed E-state index contributed by atoms with van der Waals surface area (Å²) in [5, 5.41) is 5.34. The zero-order valence-corrected chi connectivity index (χ0v) is 13.0. The van der Waals surface area contributed by atoms with Crippen molar-refractivity contribution in [2.24, 2.45) is 34.2 Å². The second-order valence-corrected chi connectivity index (χ2v) is 7.36. The topological polar surface area (TPSA) is 49.7 Å². The molecule has 5 rings (SSSR count). The van der Waals surface area contributed by atoms with E-state index in [9.17, 15) is 9.59 Å². The highest BCUT2D eigenvalue weighted by molar-refractivity contribution is 6.07. The molecule has 1 aliphatic heterocycles. The fourth-order valence-electron chi connectivity index (χ4n) is 4.95. The van der Waals surface area contributed by atoms with E-state index in [2.05, 4.69) is 17.3 Å². The highest BCUT2D eigenvalue weighted by Gasteiger charge is 2.73. The van der Waals surface area contributed by atoms with E-state index in [1.54, 1.807) is 6.21 Å².